The summed E-state index contributed by atoms with van der Waals surface area (Å²) in [6.07, 6.45) is -0.426. The van der Waals surface area contributed by atoms with Crippen LogP contribution in [0.3, 0.4) is 0 Å². The molecule has 1 aliphatic heterocycles. The number of aromatic nitrogens is 2. The molecule has 2 heterocycles. The molecule has 1 aromatic heterocycles. The fourth-order valence-corrected chi connectivity index (χ4v) is 3.32. The van der Waals surface area contributed by atoms with Crippen LogP contribution in [0.1, 0.15) is 12.0 Å². The lowest BCUT2D eigenvalue weighted by Gasteiger charge is -2.25. The number of nitrogens with zero attached hydrogens (tertiary/aromatic N) is 4. The summed E-state index contributed by atoms with van der Waals surface area (Å²) < 4.78 is 42.9. The monoisotopic (exact) mass is 402 g/mol. The number of halogens is 4. The van der Waals surface area contributed by atoms with Gasteiger partial charge in [-0.15, -0.1) is 0 Å². The maximum absolute atomic E-state index is 13.6. The molecule has 0 bridgehead atoms. The van der Waals surface area contributed by atoms with Gasteiger partial charge in [0, 0.05) is 36.7 Å². The van der Waals surface area contributed by atoms with Crippen LogP contribution in [0.25, 0.3) is 5.69 Å². The molecule has 1 aliphatic rings. The number of likely N-dealkylation sites (N-methyl/N-ethyl adjacent to an activating group) is 1. The third-order valence-corrected chi connectivity index (χ3v) is 4.78. The topological polar surface area (TPSA) is 24.3 Å². The number of hydrogen-bond acceptors (Lipinski definition) is 3. The van der Waals surface area contributed by atoms with Gasteiger partial charge in [0.25, 0.3) is 0 Å². The second-order valence-electron chi connectivity index (χ2n) is 6.15. The molecule has 0 aliphatic carbocycles. The van der Waals surface area contributed by atoms with Crippen molar-refractivity contribution in [1.29, 1.82) is 0 Å². The summed E-state index contributed by atoms with van der Waals surface area (Å²) >= 11 is 3.21. The molecule has 0 N–H and O–H groups in total. The standard InChI is InChI=1S/C16H18BrF3N4/c1-22(2)12-5-6-23(8-12)14-4-3-11(7-13(14)16(18,19)20)24-9-15(17)21-10-24/h3-4,7,9-10,12H,5-6,8H2,1-2H3/t12-/m1/s1. The van der Waals surface area contributed by atoms with Gasteiger partial charge in [-0.25, -0.2) is 4.98 Å². The largest absolute Gasteiger partial charge is 0.418 e. The molecule has 1 aromatic carbocycles. The molecular formula is C16H18BrF3N4. The third kappa shape index (κ3) is 3.44. The van der Waals surface area contributed by atoms with Crippen LogP contribution in [0.4, 0.5) is 18.9 Å². The van der Waals surface area contributed by atoms with Gasteiger partial charge >= 0.3 is 6.18 Å². The van der Waals surface area contributed by atoms with Crippen LogP contribution in [-0.2, 0) is 6.18 Å². The Bertz CT molecular complexity index is 726. The highest BCUT2D eigenvalue weighted by Crippen LogP contribution is 2.39. The molecule has 0 spiro atoms. The van der Waals surface area contributed by atoms with Crippen LogP contribution in [0.2, 0.25) is 0 Å². The fraction of sp³-hybridized carbons (Fsp3) is 0.438. The minimum Gasteiger partial charge on any atom is -0.369 e. The Kier molecular flexibility index (Phi) is 4.61. The highest BCUT2D eigenvalue weighted by Gasteiger charge is 2.37. The minimum atomic E-state index is -4.40. The van der Waals surface area contributed by atoms with Gasteiger partial charge in [0.1, 0.15) is 10.9 Å². The van der Waals surface area contributed by atoms with Crippen molar-refractivity contribution in [2.75, 3.05) is 32.1 Å². The van der Waals surface area contributed by atoms with E-state index in [1.807, 2.05) is 19.0 Å². The number of anilines is 1. The SMILES string of the molecule is CN(C)[C@@H]1CCN(c2ccc(-n3cnc(Br)c3)cc2C(F)(F)F)C1. The maximum Gasteiger partial charge on any atom is 0.418 e. The van der Waals surface area contributed by atoms with E-state index in [0.29, 0.717) is 23.4 Å². The number of hydrogen-bond donors (Lipinski definition) is 0. The van der Waals surface area contributed by atoms with Gasteiger partial charge in [-0.2, -0.15) is 13.2 Å². The van der Waals surface area contributed by atoms with Crippen LogP contribution in [0, 0.1) is 0 Å². The van der Waals surface area contributed by atoms with Gasteiger partial charge in [0.2, 0.25) is 0 Å². The van der Waals surface area contributed by atoms with Gasteiger partial charge < -0.3 is 14.4 Å². The van der Waals surface area contributed by atoms with E-state index in [9.17, 15) is 13.2 Å². The van der Waals surface area contributed by atoms with Crippen molar-refractivity contribution in [2.45, 2.75) is 18.6 Å². The smallest absolute Gasteiger partial charge is 0.369 e. The predicted octanol–water partition coefficient (Wildman–Crippen LogP) is 3.79. The van der Waals surface area contributed by atoms with Crippen molar-refractivity contribution in [3.05, 3.63) is 40.9 Å². The molecule has 0 radical (unpaired) electrons. The first-order valence-corrected chi connectivity index (χ1v) is 8.37. The molecule has 2 aromatic rings. The van der Waals surface area contributed by atoms with E-state index >= 15 is 0 Å². The van der Waals surface area contributed by atoms with Gasteiger partial charge in [0.05, 0.1) is 5.56 Å². The summed E-state index contributed by atoms with van der Waals surface area (Å²) in [5.41, 5.74) is 0.0756. The molecule has 1 atom stereocenters. The van der Waals surface area contributed by atoms with Crippen LogP contribution >= 0.6 is 15.9 Å². The first kappa shape index (κ1) is 17.3. The minimum absolute atomic E-state index is 0.245. The zero-order valence-electron chi connectivity index (χ0n) is 13.4. The van der Waals surface area contributed by atoms with E-state index in [1.54, 1.807) is 22.9 Å². The third-order valence-electron chi connectivity index (χ3n) is 4.37. The lowest BCUT2D eigenvalue weighted by Crippen LogP contribution is -2.32. The van der Waals surface area contributed by atoms with Gasteiger partial charge in [-0.3, -0.25) is 0 Å². The molecule has 0 amide bonds. The zero-order chi connectivity index (χ0) is 17.5. The van der Waals surface area contributed by atoms with E-state index in [0.717, 1.165) is 6.42 Å². The van der Waals surface area contributed by atoms with Gasteiger partial charge in [-0.05, 0) is 54.6 Å². The molecule has 3 rings (SSSR count). The lowest BCUT2D eigenvalue weighted by atomic mass is 10.1. The predicted molar refractivity (Wildman–Crippen MR) is 90.6 cm³/mol. The normalized spacial score (nSPS) is 18.6. The Morgan fingerprint density at radius 3 is 2.58 bits per heavy atom. The number of imidazole rings is 1. The number of rotatable bonds is 3. The summed E-state index contributed by atoms with van der Waals surface area (Å²) in [5.74, 6) is 0. The van der Waals surface area contributed by atoms with Crippen LogP contribution in [0.5, 0.6) is 0 Å². The zero-order valence-corrected chi connectivity index (χ0v) is 15.0. The molecule has 0 unspecified atom stereocenters. The lowest BCUT2D eigenvalue weighted by molar-refractivity contribution is -0.137. The molecule has 24 heavy (non-hydrogen) atoms. The van der Waals surface area contributed by atoms with Crippen molar-refractivity contribution in [2.24, 2.45) is 0 Å². The highest BCUT2D eigenvalue weighted by atomic mass is 79.9. The Morgan fingerprint density at radius 2 is 2.04 bits per heavy atom. The Balaban J connectivity index is 1.98. The Labute approximate surface area is 147 Å². The van der Waals surface area contributed by atoms with E-state index in [1.165, 1.54) is 12.4 Å². The Hall–Kier alpha value is -1.54. The van der Waals surface area contributed by atoms with Crippen molar-refractivity contribution in [3.63, 3.8) is 0 Å². The average molecular weight is 403 g/mol. The molecule has 130 valence electrons. The molecular weight excluding hydrogens is 385 g/mol. The molecule has 1 fully saturated rings. The quantitative estimate of drug-likeness (QED) is 0.780. The molecule has 0 saturated carbocycles. The molecule has 1 saturated heterocycles. The average Bonchev–Trinajstić information content (AvgIpc) is 3.14. The fourth-order valence-electron chi connectivity index (χ4n) is 3.01. The van der Waals surface area contributed by atoms with Crippen LogP contribution in [-0.4, -0.2) is 47.7 Å². The van der Waals surface area contributed by atoms with Crippen molar-refractivity contribution < 1.29 is 13.2 Å². The molecule has 4 nitrogen and oxygen atoms in total. The van der Waals surface area contributed by atoms with Crippen molar-refractivity contribution in [1.82, 2.24) is 14.5 Å². The van der Waals surface area contributed by atoms with E-state index in [4.69, 9.17) is 0 Å². The van der Waals surface area contributed by atoms with Crippen molar-refractivity contribution >= 4 is 21.6 Å². The van der Waals surface area contributed by atoms with Crippen LogP contribution < -0.4 is 4.90 Å². The highest BCUT2D eigenvalue weighted by molar-refractivity contribution is 9.10. The van der Waals surface area contributed by atoms with Crippen LogP contribution in [0.15, 0.2) is 35.3 Å². The number of alkyl halides is 3. The second-order valence-corrected chi connectivity index (χ2v) is 6.97. The summed E-state index contributed by atoms with van der Waals surface area (Å²) in [5, 5.41) is 0. The summed E-state index contributed by atoms with van der Waals surface area (Å²) in [4.78, 5) is 7.88. The summed E-state index contributed by atoms with van der Waals surface area (Å²) in [6.45, 7) is 1.23. The summed E-state index contributed by atoms with van der Waals surface area (Å²) in [7, 11) is 3.91. The first-order valence-electron chi connectivity index (χ1n) is 7.58. The summed E-state index contributed by atoms with van der Waals surface area (Å²) in [6, 6.07) is 4.72. The van der Waals surface area contributed by atoms with E-state index in [-0.39, 0.29) is 11.7 Å². The van der Waals surface area contributed by atoms with E-state index in [2.05, 4.69) is 25.8 Å². The molecule has 8 heteroatoms. The van der Waals surface area contributed by atoms with Gasteiger partial charge in [0.15, 0.2) is 0 Å². The first-order chi connectivity index (χ1) is 11.3. The Morgan fingerprint density at radius 1 is 1.29 bits per heavy atom. The number of benzene rings is 1. The maximum atomic E-state index is 13.6. The van der Waals surface area contributed by atoms with E-state index < -0.39 is 11.7 Å². The van der Waals surface area contributed by atoms with Gasteiger partial charge in [-0.1, -0.05) is 0 Å². The van der Waals surface area contributed by atoms with Crippen molar-refractivity contribution in [3.8, 4) is 5.69 Å². The second kappa shape index (κ2) is 6.40.